The number of carbonyl (C=O) groups excluding carboxylic acids is 1. The first-order chi connectivity index (χ1) is 9.34. The number of aromatic hydroxyl groups is 1. The number of aromatic amines is 1. The number of benzene rings is 1. The summed E-state index contributed by atoms with van der Waals surface area (Å²) in [6.07, 6.45) is 0. The van der Waals surface area contributed by atoms with Gasteiger partial charge in [0.15, 0.2) is 5.69 Å². The zero-order valence-corrected chi connectivity index (χ0v) is 11.6. The summed E-state index contributed by atoms with van der Waals surface area (Å²) in [6.45, 7) is 1.48. The van der Waals surface area contributed by atoms with Gasteiger partial charge in [-0.1, -0.05) is 15.9 Å². The maximum Gasteiger partial charge on any atom is 0.315 e. The molecule has 0 saturated carbocycles. The van der Waals surface area contributed by atoms with Gasteiger partial charge in [-0.25, -0.2) is 0 Å². The topological polar surface area (TPSA) is 148 Å². The first kappa shape index (κ1) is 13.9. The highest BCUT2D eigenvalue weighted by Gasteiger charge is 2.27. The molecule has 0 aliphatic rings. The summed E-state index contributed by atoms with van der Waals surface area (Å²) in [7, 11) is 0. The molecule has 0 unspecified atom stereocenters. The Labute approximate surface area is 120 Å². The maximum atomic E-state index is 11.2. The SMILES string of the molecule is Cc1c(Br)cc(-c2n[nH]nc2C(N)=O)c(O)c1[N+](=O)[O-]. The predicted molar refractivity (Wildman–Crippen MR) is 71.1 cm³/mol. The Kier molecular flexibility index (Phi) is 3.40. The molecule has 4 N–H and O–H groups in total. The minimum absolute atomic E-state index is 0.0169. The van der Waals surface area contributed by atoms with E-state index in [2.05, 4.69) is 31.3 Å². The summed E-state index contributed by atoms with van der Waals surface area (Å²) < 4.78 is 0.385. The van der Waals surface area contributed by atoms with Crippen LogP contribution >= 0.6 is 15.9 Å². The highest BCUT2D eigenvalue weighted by Crippen LogP contribution is 2.42. The number of H-pyrrole nitrogens is 1. The third-order valence-corrected chi connectivity index (χ3v) is 3.51. The summed E-state index contributed by atoms with van der Waals surface area (Å²) >= 11 is 3.16. The van der Waals surface area contributed by atoms with Crippen molar-refractivity contribution in [1.29, 1.82) is 0 Å². The number of rotatable bonds is 3. The van der Waals surface area contributed by atoms with E-state index in [-0.39, 0.29) is 22.5 Å². The van der Waals surface area contributed by atoms with E-state index in [1.807, 2.05) is 0 Å². The monoisotopic (exact) mass is 341 g/mol. The molecule has 1 amide bonds. The molecular formula is C10H8BrN5O4. The summed E-state index contributed by atoms with van der Waals surface area (Å²) in [4.78, 5) is 21.5. The number of aromatic nitrogens is 3. The lowest BCUT2D eigenvalue weighted by molar-refractivity contribution is -0.386. The second-order valence-electron chi connectivity index (χ2n) is 3.87. The molecule has 0 radical (unpaired) electrons. The Morgan fingerprint density at radius 3 is 2.75 bits per heavy atom. The van der Waals surface area contributed by atoms with Crippen molar-refractivity contribution in [2.45, 2.75) is 6.92 Å². The quantitative estimate of drug-likeness (QED) is 0.565. The molecule has 10 heteroatoms. The molecule has 0 spiro atoms. The van der Waals surface area contributed by atoms with Crippen molar-refractivity contribution in [2.24, 2.45) is 5.73 Å². The smallest absolute Gasteiger partial charge is 0.315 e. The fourth-order valence-electron chi connectivity index (χ4n) is 1.72. The largest absolute Gasteiger partial charge is 0.502 e. The maximum absolute atomic E-state index is 11.2. The van der Waals surface area contributed by atoms with Crippen LogP contribution in [0.2, 0.25) is 0 Å². The summed E-state index contributed by atoms with van der Waals surface area (Å²) in [5.41, 5.74) is 4.60. The van der Waals surface area contributed by atoms with E-state index in [1.165, 1.54) is 13.0 Å². The molecule has 2 aromatic rings. The number of primary amides is 1. The summed E-state index contributed by atoms with van der Waals surface area (Å²) in [6, 6.07) is 1.40. The minimum Gasteiger partial charge on any atom is -0.502 e. The second-order valence-corrected chi connectivity index (χ2v) is 4.72. The van der Waals surface area contributed by atoms with Crippen molar-refractivity contribution in [3.05, 3.63) is 31.9 Å². The first-order valence-electron chi connectivity index (χ1n) is 5.22. The molecule has 1 heterocycles. The number of carbonyl (C=O) groups is 1. The van der Waals surface area contributed by atoms with Crippen molar-refractivity contribution in [1.82, 2.24) is 15.4 Å². The molecule has 0 bridgehead atoms. The Bertz CT molecular complexity index is 727. The lowest BCUT2D eigenvalue weighted by Gasteiger charge is -2.07. The van der Waals surface area contributed by atoms with Crippen molar-refractivity contribution in [2.75, 3.05) is 0 Å². The second kappa shape index (κ2) is 4.89. The lowest BCUT2D eigenvalue weighted by atomic mass is 10.0. The number of amides is 1. The molecule has 0 fully saturated rings. The molecule has 0 aliphatic heterocycles. The Morgan fingerprint density at radius 2 is 2.20 bits per heavy atom. The van der Waals surface area contributed by atoms with Crippen molar-refractivity contribution in [3.8, 4) is 17.0 Å². The van der Waals surface area contributed by atoms with Crippen LogP contribution in [-0.4, -0.2) is 31.3 Å². The van der Waals surface area contributed by atoms with Crippen molar-refractivity contribution >= 4 is 27.5 Å². The van der Waals surface area contributed by atoms with Crippen LogP contribution in [0.25, 0.3) is 11.3 Å². The van der Waals surface area contributed by atoms with Gasteiger partial charge in [0.05, 0.1) is 10.5 Å². The first-order valence-corrected chi connectivity index (χ1v) is 6.01. The predicted octanol–water partition coefficient (Wildman–Crippen LogP) is 1.26. The van der Waals surface area contributed by atoms with Crippen LogP contribution in [0.5, 0.6) is 5.75 Å². The minimum atomic E-state index is -0.868. The zero-order chi connectivity index (χ0) is 15.0. The number of halogens is 1. The summed E-state index contributed by atoms with van der Waals surface area (Å²) in [5, 5.41) is 30.5. The molecule has 0 aliphatic carbocycles. The number of nitrogens with two attached hydrogens (primary N) is 1. The lowest BCUT2D eigenvalue weighted by Crippen LogP contribution is -2.13. The van der Waals surface area contributed by atoms with E-state index in [4.69, 9.17) is 5.73 Å². The molecule has 1 aromatic heterocycles. The molecule has 9 nitrogen and oxygen atoms in total. The van der Waals surface area contributed by atoms with Gasteiger partial charge in [-0.3, -0.25) is 14.9 Å². The van der Waals surface area contributed by atoms with Gasteiger partial charge < -0.3 is 10.8 Å². The van der Waals surface area contributed by atoms with Crippen LogP contribution in [0.15, 0.2) is 10.5 Å². The number of phenolic OH excluding ortho intramolecular Hbond substituents is 1. The molecular weight excluding hydrogens is 334 g/mol. The van der Waals surface area contributed by atoms with Gasteiger partial charge in [0.2, 0.25) is 5.75 Å². The standard InChI is InChI=1S/C10H8BrN5O4/c1-3-5(11)2-4(9(17)8(3)16(19)20)6-7(10(12)18)14-15-13-6/h2,17H,1H3,(H2,12,18)(H,13,14,15). The molecule has 0 saturated heterocycles. The normalized spacial score (nSPS) is 10.5. The Hall–Kier alpha value is -2.49. The third-order valence-electron chi connectivity index (χ3n) is 2.68. The molecule has 0 atom stereocenters. The van der Waals surface area contributed by atoms with Crippen molar-refractivity contribution in [3.63, 3.8) is 0 Å². The fourth-order valence-corrected chi connectivity index (χ4v) is 2.13. The van der Waals surface area contributed by atoms with E-state index in [9.17, 15) is 20.0 Å². The highest BCUT2D eigenvalue weighted by atomic mass is 79.9. The fraction of sp³-hybridized carbons (Fsp3) is 0.100. The number of nitro groups is 1. The number of nitrogens with one attached hydrogen (secondary N) is 1. The van der Waals surface area contributed by atoms with Crippen LogP contribution in [0.3, 0.4) is 0 Å². The summed E-state index contributed by atoms with van der Waals surface area (Å²) in [5.74, 6) is -1.47. The Morgan fingerprint density at radius 1 is 1.55 bits per heavy atom. The van der Waals surface area contributed by atoms with Gasteiger partial charge in [0.25, 0.3) is 5.91 Å². The number of nitrogens with zero attached hydrogens (tertiary/aromatic N) is 3. The van der Waals surface area contributed by atoms with Gasteiger partial charge in [-0.2, -0.15) is 15.4 Å². The van der Waals surface area contributed by atoms with E-state index < -0.39 is 22.3 Å². The zero-order valence-electron chi connectivity index (χ0n) is 10.0. The van der Waals surface area contributed by atoms with E-state index in [0.29, 0.717) is 4.47 Å². The third kappa shape index (κ3) is 2.09. The van der Waals surface area contributed by atoms with Gasteiger partial charge in [-0.15, -0.1) is 0 Å². The van der Waals surface area contributed by atoms with Gasteiger partial charge in [-0.05, 0) is 13.0 Å². The van der Waals surface area contributed by atoms with E-state index in [0.717, 1.165) is 0 Å². The average molecular weight is 342 g/mol. The molecule has 20 heavy (non-hydrogen) atoms. The average Bonchev–Trinajstić information content (AvgIpc) is 2.82. The van der Waals surface area contributed by atoms with Gasteiger partial charge in [0.1, 0.15) is 5.69 Å². The van der Waals surface area contributed by atoms with Crippen LogP contribution in [0, 0.1) is 17.0 Å². The van der Waals surface area contributed by atoms with E-state index >= 15 is 0 Å². The highest BCUT2D eigenvalue weighted by molar-refractivity contribution is 9.10. The van der Waals surface area contributed by atoms with Gasteiger partial charge >= 0.3 is 5.69 Å². The molecule has 2 rings (SSSR count). The number of phenols is 1. The number of nitro benzene ring substituents is 1. The van der Waals surface area contributed by atoms with Crippen LogP contribution < -0.4 is 5.73 Å². The van der Waals surface area contributed by atoms with E-state index in [1.54, 1.807) is 0 Å². The number of hydrogen-bond acceptors (Lipinski definition) is 6. The van der Waals surface area contributed by atoms with Crippen molar-refractivity contribution < 1.29 is 14.8 Å². The Balaban J connectivity index is 2.79. The number of hydrogen-bond donors (Lipinski definition) is 3. The van der Waals surface area contributed by atoms with Gasteiger partial charge in [0, 0.05) is 10.0 Å². The molecule has 1 aromatic carbocycles. The van der Waals surface area contributed by atoms with Crippen LogP contribution in [0.1, 0.15) is 16.1 Å². The molecule has 104 valence electrons. The van der Waals surface area contributed by atoms with Crippen LogP contribution in [-0.2, 0) is 0 Å². The van der Waals surface area contributed by atoms with Crippen LogP contribution in [0.4, 0.5) is 5.69 Å².